The van der Waals surface area contributed by atoms with Crippen LogP contribution in [-0.2, 0) is 4.79 Å². The van der Waals surface area contributed by atoms with E-state index in [-0.39, 0.29) is 17.9 Å². The second-order valence-electron chi connectivity index (χ2n) is 7.62. The quantitative estimate of drug-likeness (QED) is 0.777. The van der Waals surface area contributed by atoms with Crippen LogP contribution in [0.15, 0.2) is 48.5 Å². The standard InChI is InChI=1S/C23H28N2O3/c1-16(2)15-21(17-8-12-20(28-3)13-9-17)24-23(27)18-6-10-19(11-7-18)25-14-4-5-22(25)26/h6-13,16,21H,4-5,14-15H2,1-3H3,(H,24,27). The number of ether oxygens (including phenoxy) is 1. The summed E-state index contributed by atoms with van der Waals surface area (Å²) in [5.74, 6) is 1.27. The largest absolute Gasteiger partial charge is 0.497 e. The fourth-order valence-corrected chi connectivity index (χ4v) is 3.54. The first-order chi connectivity index (χ1) is 13.5. The van der Waals surface area contributed by atoms with Gasteiger partial charge in [0.05, 0.1) is 13.2 Å². The van der Waals surface area contributed by atoms with E-state index in [1.54, 1.807) is 24.1 Å². The first-order valence-corrected chi connectivity index (χ1v) is 9.83. The van der Waals surface area contributed by atoms with Crippen molar-refractivity contribution in [2.45, 2.75) is 39.2 Å². The molecule has 0 aliphatic carbocycles. The summed E-state index contributed by atoms with van der Waals surface area (Å²) in [6, 6.07) is 15.0. The van der Waals surface area contributed by atoms with Gasteiger partial charge in [-0.2, -0.15) is 0 Å². The third-order valence-corrected chi connectivity index (χ3v) is 5.05. The summed E-state index contributed by atoms with van der Waals surface area (Å²) in [6.45, 7) is 5.04. The normalized spacial score (nSPS) is 15.0. The highest BCUT2D eigenvalue weighted by atomic mass is 16.5. The highest BCUT2D eigenvalue weighted by Gasteiger charge is 2.22. The second kappa shape index (κ2) is 8.91. The minimum absolute atomic E-state index is 0.0711. The molecular formula is C23H28N2O3. The Morgan fingerprint density at radius 2 is 1.79 bits per heavy atom. The molecule has 1 unspecified atom stereocenters. The van der Waals surface area contributed by atoms with Gasteiger partial charge >= 0.3 is 0 Å². The molecule has 0 radical (unpaired) electrons. The van der Waals surface area contributed by atoms with Gasteiger partial charge in [0.1, 0.15) is 5.75 Å². The van der Waals surface area contributed by atoms with Crippen LogP contribution in [0.1, 0.15) is 55.1 Å². The third kappa shape index (κ3) is 4.71. The molecule has 0 bridgehead atoms. The molecule has 1 atom stereocenters. The molecule has 1 heterocycles. The molecule has 28 heavy (non-hydrogen) atoms. The van der Waals surface area contributed by atoms with E-state index in [1.165, 1.54) is 0 Å². The number of hydrogen-bond acceptors (Lipinski definition) is 3. The molecule has 1 aliphatic rings. The van der Waals surface area contributed by atoms with E-state index < -0.39 is 0 Å². The molecule has 1 saturated heterocycles. The molecule has 5 nitrogen and oxygen atoms in total. The molecule has 0 spiro atoms. The zero-order valence-electron chi connectivity index (χ0n) is 16.8. The third-order valence-electron chi connectivity index (χ3n) is 5.05. The maximum Gasteiger partial charge on any atom is 0.251 e. The number of benzene rings is 2. The predicted octanol–water partition coefficient (Wildman–Crippen LogP) is 4.34. The van der Waals surface area contributed by atoms with Gasteiger partial charge in [0.15, 0.2) is 0 Å². The summed E-state index contributed by atoms with van der Waals surface area (Å²) in [7, 11) is 1.64. The van der Waals surface area contributed by atoms with Gasteiger partial charge in [-0.1, -0.05) is 26.0 Å². The fraction of sp³-hybridized carbons (Fsp3) is 0.391. The average Bonchev–Trinajstić information content (AvgIpc) is 3.13. The SMILES string of the molecule is COc1ccc(C(CC(C)C)NC(=O)c2ccc(N3CCCC3=O)cc2)cc1. The molecule has 1 aliphatic heterocycles. The van der Waals surface area contributed by atoms with Crippen LogP contribution in [0.25, 0.3) is 0 Å². The molecular weight excluding hydrogens is 352 g/mol. The maximum absolute atomic E-state index is 12.8. The van der Waals surface area contributed by atoms with Crippen LogP contribution in [-0.4, -0.2) is 25.5 Å². The van der Waals surface area contributed by atoms with E-state index >= 15 is 0 Å². The molecule has 2 amide bonds. The van der Waals surface area contributed by atoms with Crippen molar-refractivity contribution in [3.63, 3.8) is 0 Å². The minimum Gasteiger partial charge on any atom is -0.497 e. The second-order valence-corrected chi connectivity index (χ2v) is 7.62. The topological polar surface area (TPSA) is 58.6 Å². The van der Waals surface area contributed by atoms with Crippen LogP contribution in [0.3, 0.4) is 0 Å². The Labute approximate surface area is 166 Å². The Balaban J connectivity index is 1.72. The summed E-state index contributed by atoms with van der Waals surface area (Å²) in [4.78, 5) is 26.5. The van der Waals surface area contributed by atoms with Crippen LogP contribution < -0.4 is 15.0 Å². The molecule has 148 valence electrons. The van der Waals surface area contributed by atoms with Gasteiger partial charge in [-0.15, -0.1) is 0 Å². The molecule has 0 aromatic heterocycles. The van der Waals surface area contributed by atoms with Crippen molar-refractivity contribution in [3.05, 3.63) is 59.7 Å². The van der Waals surface area contributed by atoms with Gasteiger partial charge in [0, 0.05) is 24.2 Å². The first kappa shape index (κ1) is 19.9. The van der Waals surface area contributed by atoms with Crippen LogP contribution in [0.2, 0.25) is 0 Å². The van der Waals surface area contributed by atoms with Crippen LogP contribution in [0.4, 0.5) is 5.69 Å². The van der Waals surface area contributed by atoms with Crippen molar-refractivity contribution in [2.24, 2.45) is 5.92 Å². The molecule has 1 fully saturated rings. The van der Waals surface area contributed by atoms with E-state index in [2.05, 4.69) is 19.2 Å². The summed E-state index contributed by atoms with van der Waals surface area (Å²) >= 11 is 0. The molecule has 2 aromatic rings. The number of carbonyl (C=O) groups excluding carboxylic acids is 2. The van der Waals surface area contributed by atoms with E-state index in [1.807, 2.05) is 36.4 Å². The first-order valence-electron chi connectivity index (χ1n) is 9.83. The number of carbonyl (C=O) groups is 2. The Bertz CT molecular complexity index is 813. The van der Waals surface area contributed by atoms with Gasteiger partial charge < -0.3 is 15.0 Å². The van der Waals surface area contributed by atoms with Crippen molar-refractivity contribution < 1.29 is 14.3 Å². The molecule has 3 rings (SSSR count). The number of nitrogens with zero attached hydrogens (tertiary/aromatic N) is 1. The van der Waals surface area contributed by atoms with E-state index in [0.29, 0.717) is 17.9 Å². The van der Waals surface area contributed by atoms with Gasteiger partial charge in [0.2, 0.25) is 5.91 Å². The summed E-state index contributed by atoms with van der Waals surface area (Å²) in [5.41, 5.74) is 2.51. The lowest BCUT2D eigenvalue weighted by atomic mass is 9.96. The number of hydrogen-bond donors (Lipinski definition) is 1. The highest BCUT2D eigenvalue weighted by molar-refractivity contribution is 5.97. The Hall–Kier alpha value is -2.82. The fourth-order valence-electron chi connectivity index (χ4n) is 3.54. The van der Waals surface area contributed by atoms with Crippen molar-refractivity contribution in [1.29, 1.82) is 0 Å². The van der Waals surface area contributed by atoms with Crippen molar-refractivity contribution in [3.8, 4) is 5.75 Å². The predicted molar refractivity (Wildman–Crippen MR) is 111 cm³/mol. The number of methoxy groups -OCH3 is 1. The lowest BCUT2D eigenvalue weighted by Crippen LogP contribution is -2.29. The molecule has 1 N–H and O–H groups in total. The summed E-state index contributed by atoms with van der Waals surface area (Å²) < 4.78 is 5.23. The number of rotatable bonds is 7. The van der Waals surface area contributed by atoms with Gasteiger partial charge in [-0.3, -0.25) is 9.59 Å². The number of nitrogens with one attached hydrogen (secondary N) is 1. The Morgan fingerprint density at radius 1 is 1.11 bits per heavy atom. The average molecular weight is 380 g/mol. The van der Waals surface area contributed by atoms with Crippen LogP contribution >= 0.6 is 0 Å². The van der Waals surface area contributed by atoms with Crippen molar-refractivity contribution in [1.82, 2.24) is 5.32 Å². The van der Waals surface area contributed by atoms with Gasteiger partial charge in [-0.05, 0) is 60.7 Å². The molecule has 0 saturated carbocycles. The van der Waals surface area contributed by atoms with Crippen LogP contribution in [0, 0.1) is 5.92 Å². The summed E-state index contributed by atoms with van der Waals surface area (Å²) in [5, 5.41) is 3.16. The Kier molecular flexibility index (Phi) is 6.34. The zero-order chi connectivity index (χ0) is 20.1. The summed E-state index contributed by atoms with van der Waals surface area (Å²) in [6.07, 6.45) is 2.33. The highest BCUT2D eigenvalue weighted by Crippen LogP contribution is 2.25. The van der Waals surface area contributed by atoms with E-state index in [4.69, 9.17) is 4.74 Å². The van der Waals surface area contributed by atoms with E-state index in [0.717, 1.165) is 36.4 Å². The monoisotopic (exact) mass is 380 g/mol. The van der Waals surface area contributed by atoms with Gasteiger partial charge in [-0.25, -0.2) is 0 Å². The number of anilines is 1. The van der Waals surface area contributed by atoms with Gasteiger partial charge in [0.25, 0.3) is 5.91 Å². The lowest BCUT2D eigenvalue weighted by Gasteiger charge is -2.22. The van der Waals surface area contributed by atoms with Crippen molar-refractivity contribution >= 4 is 17.5 Å². The zero-order valence-corrected chi connectivity index (χ0v) is 16.8. The van der Waals surface area contributed by atoms with Crippen LogP contribution in [0.5, 0.6) is 5.75 Å². The molecule has 5 heteroatoms. The Morgan fingerprint density at radius 3 is 2.32 bits per heavy atom. The smallest absolute Gasteiger partial charge is 0.251 e. The maximum atomic E-state index is 12.8. The minimum atomic E-state index is -0.110. The molecule has 2 aromatic carbocycles. The van der Waals surface area contributed by atoms with E-state index in [9.17, 15) is 9.59 Å². The van der Waals surface area contributed by atoms with Crippen molar-refractivity contribution in [2.75, 3.05) is 18.6 Å². The number of amides is 2. The lowest BCUT2D eigenvalue weighted by molar-refractivity contribution is -0.117.